The van der Waals surface area contributed by atoms with E-state index in [1.807, 2.05) is 49.7 Å². The first-order valence-electron chi connectivity index (χ1n) is 21.7. The fraction of sp³-hybridized carbons (Fsp3) is 0.380. The van der Waals surface area contributed by atoms with E-state index in [4.69, 9.17) is 9.47 Å². The minimum absolute atomic E-state index is 0.000115. The molecule has 63 heavy (non-hydrogen) atoms. The maximum absolute atomic E-state index is 16.0. The van der Waals surface area contributed by atoms with Gasteiger partial charge in [0.05, 0.1) is 32.3 Å². The molecule has 2 aliphatic heterocycles. The average molecular weight is 859 g/mol. The van der Waals surface area contributed by atoms with Crippen molar-refractivity contribution in [1.82, 2.24) is 15.6 Å². The Bertz CT molecular complexity index is 2520. The fourth-order valence-corrected chi connectivity index (χ4v) is 10.9. The van der Waals surface area contributed by atoms with Crippen molar-refractivity contribution in [2.24, 2.45) is 17.3 Å². The summed E-state index contributed by atoms with van der Waals surface area (Å²) in [6.45, 7) is 0.923. The molecule has 1 aliphatic carbocycles. The Hall–Kier alpha value is -6.15. The predicted molar refractivity (Wildman–Crippen MR) is 242 cm³/mol. The number of methoxy groups -OCH3 is 2. The van der Waals surface area contributed by atoms with Gasteiger partial charge in [0.25, 0.3) is 0 Å². The van der Waals surface area contributed by atoms with Crippen LogP contribution >= 0.6 is 0 Å². The van der Waals surface area contributed by atoms with Gasteiger partial charge in [-0.3, -0.25) is 4.79 Å². The number of aliphatic hydroxyl groups is 2. The van der Waals surface area contributed by atoms with Crippen molar-refractivity contribution < 1.29 is 44.9 Å². The van der Waals surface area contributed by atoms with Crippen LogP contribution in [-0.4, -0.2) is 88.0 Å². The van der Waals surface area contributed by atoms with Gasteiger partial charge in [-0.1, -0.05) is 24.3 Å². The number of allylic oxidation sites excluding steroid dienone is 2. The first-order valence-corrected chi connectivity index (χ1v) is 21.7. The number of H-pyrrole nitrogens is 1. The summed E-state index contributed by atoms with van der Waals surface area (Å²) in [4.78, 5) is 19.3. The number of Topliss-reactive ketones (excluding diaryl/α,β-unsaturated/α-hetero) is 1. The number of carbonyl (C=O) groups is 1. The van der Waals surface area contributed by atoms with Gasteiger partial charge in [0.2, 0.25) is 5.75 Å². The van der Waals surface area contributed by atoms with E-state index in [9.17, 15) is 30.6 Å². The number of aliphatic hydroxyl groups excluding tert-OH is 2. The third-order valence-electron chi connectivity index (χ3n) is 13.8. The molecule has 13 heteroatoms. The Morgan fingerprint density at radius 3 is 2.54 bits per heavy atom. The quantitative estimate of drug-likeness (QED) is 0.0619. The number of aryl methyl sites for hydroxylation is 1. The molecule has 3 aliphatic rings. The summed E-state index contributed by atoms with van der Waals surface area (Å²) >= 11 is 0. The summed E-state index contributed by atoms with van der Waals surface area (Å²) in [5.74, 6) is -2.06. The van der Waals surface area contributed by atoms with Crippen LogP contribution in [0.25, 0.3) is 10.8 Å². The number of ketones is 1. The van der Waals surface area contributed by atoms with E-state index in [2.05, 4.69) is 27.0 Å². The van der Waals surface area contributed by atoms with Crippen LogP contribution in [0.3, 0.4) is 0 Å². The van der Waals surface area contributed by atoms with Gasteiger partial charge >= 0.3 is 0 Å². The van der Waals surface area contributed by atoms with Crippen molar-refractivity contribution in [3.63, 3.8) is 0 Å². The van der Waals surface area contributed by atoms with E-state index in [0.717, 1.165) is 38.9 Å². The number of anilines is 1. The normalized spacial score (nSPS) is 24.2. The molecule has 5 aromatic rings. The van der Waals surface area contributed by atoms with Crippen molar-refractivity contribution in [1.29, 1.82) is 0 Å². The minimum atomic E-state index is -1.18. The lowest BCUT2D eigenvalue weighted by Crippen LogP contribution is -2.50. The molecule has 1 fully saturated rings. The van der Waals surface area contributed by atoms with E-state index in [0.29, 0.717) is 62.3 Å². The SMILES string of the molecule is CNC[C@@H]1C[C@@H](c2cc(O)c(O)c(OC)c2)CC(=O)[C@@H]([C@H](O)CCc2ccc(O)c(OC)c2)[C@@]2(CC[C@H](O)[C@@H]2Cc2ccc[nH]2)C2=CCNC(=C2)Nc2ccc3cc(O)ccc3c21. The topological polar surface area (TPSA) is 209 Å². The molecule has 3 heterocycles. The number of phenolic OH excluding ortho intramolecular Hbond substituents is 4. The monoisotopic (exact) mass is 858 g/mol. The van der Waals surface area contributed by atoms with E-state index >= 15 is 4.79 Å². The number of hydrogen-bond donors (Lipinski definition) is 10. The highest BCUT2D eigenvalue weighted by Gasteiger charge is 2.58. The van der Waals surface area contributed by atoms with Crippen molar-refractivity contribution in [2.75, 3.05) is 39.7 Å². The van der Waals surface area contributed by atoms with E-state index < -0.39 is 41.1 Å². The Kier molecular flexibility index (Phi) is 12.6. The van der Waals surface area contributed by atoms with Crippen LogP contribution in [0, 0.1) is 17.3 Å². The highest BCUT2D eigenvalue weighted by molar-refractivity contribution is 5.92. The van der Waals surface area contributed by atoms with Crippen LogP contribution in [0.5, 0.6) is 34.5 Å². The number of benzene rings is 4. The molecule has 4 aromatic carbocycles. The average Bonchev–Trinajstić information content (AvgIpc) is 3.91. The van der Waals surface area contributed by atoms with E-state index in [1.165, 1.54) is 20.3 Å². The van der Waals surface area contributed by atoms with Crippen LogP contribution in [0.15, 0.2) is 103 Å². The molecule has 13 nitrogen and oxygen atoms in total. The zero-order valence-electron chi connectivity index (χ0n) is 35.9. The Labute approximate surface area is 367 Å². The lowest BCUT2D eigenvalue weighted by molar-refractivity contribution is -0.134. The van der Waals surface area contributed by atoms with Gasteiger partial charge < -0.3 is 61.0 Å². The van der Waals surface area contributed by atoms with Crippen LogP contribution in [0.1, 0.15) is 66.3 Å². The third kappa shape index (κ3) is 8.52. The molecule has 7 atom stereocenters. The molecule has 0 radical (unpaired) electrons. The third-order valence-corrected chi connectivity index (χ3v) is 13.8. The number of carbonyl (C=O) groups excluding carboxylic acids is 1. The van der Waals surface area contributed by atoms with Crippen LogP contribution in [0.4, 0.5) is 5.69 Å². The number of nitrogens with one attached hydrogen (secondary N) is 4. The van der Waals surface area contributed by atoms with E-state index in [-0.39, 0.29) is 47.5 Å². The first kappa shape index (κ1) is 43.5. The van der Waals surface area contributed by atoms with Crippen molar-refractivity contribution in [3.05, 3.63) is 125 Å². The number of aromatic hydroxyl groups is 4. The molecule has 10 N–H and O–H groups in total. The molecule has 332 valence electrons. The van der Waals surface area contributed by atoms with Crippen molar-refractivity contribution in [2.45, 2.75) is 69.0 Å². The second kappa shape index (κ2) is 18.3. The number of hydrogen-bond acceptors (Lipinski definition) is 12. The molecule has 0 amide bonds. The van der Waals surface area contributed by atoms with Gasteiger partial charge in [0, 0.05) is 48.4 Å². The van der Waals surface area contributed by atoms with Crippen LogP contribution in [0.2, 0.25) is 0 Å². The predicted octanol–water partition coefficient (Wildman–Crippen LogP) is 6.85. The maximum atomic E-state index is 16.0. The molecule has 0 saturated heterocycles. The number of rotatable bonds is 11. The Balaban J connectivity index is 1.34. The summed E-state index contributed by atoms with van der Waals surface area (Å²) in [6.07, 6.45) is 6.19. The van der Waals surface area contributed by atoms with Gasteiger partial charge in [-0.05, 0) is 151 Å². The molecular weight excluding hydrogens is 801 g/mol. The molecule has 1 spiro atoms. The smallest absolute Gasteiger partial charge is 0.200 e. The Morgan fingerprint density at radius 2 is 1.78 bits per heavy atom. The lowest BCUT2D eigenvalue weighted by Gasteiger charge is -2.46. The lowest BCUT2D eigenvalue weighted by atomic mass is 9.57. The molecule has 1 aromatic heterocycles. The number of aromatic nitrogens is 1. The standard InChI is InChI=1S/C50H58N4O9/c1-51-27-32-20-30(31-23-43(60)49(61)45(24-31)63-3)22-42(59)48(41(58)13-7-28-6-12-40(57)44(19-28)62-2)50(16-14-39(56)37(50)26-34-5-4-17-52-34)33-15-18-53-46(25-33)54-38-11-8-29-21-35(55)9-10-36(29)47(32)38/h4-6,8-12,15,17,19,21,23-25,30,32,37,39,41,48,51-58,60-61H,7,13-14,16,18,20,22,26-27H2,1-3H3/t30-,32+,37+,39+,41-,48-,50+/m1/s1. The van der Waals surface area contributed by atoms with Crippen molar-refractivity contribution >= 4 is 22.2 Å². The highest BCUT2D eigenvalue weighted by Crippen LogP contribution is 2.58. The second-order valence-electron chi connectivity index (χ2n) is 17.3. The maximum Gasteiger partial charge on any atom is 0.200 e. The van der Waals surface area contributed by atoms with Gasteiger partial charge in [-0.15, -0.1) is 0 Å². The van der Waals surface area contributed by atoms with E-state index in [1.54, 1.807) is 36.4 Å². The number of aromatic amines is 1. The van der Waals surface area contributed by atoms with Crippen molar-refractivity contribution in [3.8, 4) is 34.5 Å². The zero-order chi connectivity index (χ0) is 44.4. The fourth-order valence-electron chi connectivity index (χ4n) is 10.9. The zero-order valence-corrected chi connectivity index (χ0v) is 35.9. The van der Waals surface area contributed by atoms with Gasteiger partial charge in [-0.25, -0.2) is 0 Å². The summed E-state index contributed by atoms with van der Waals surface area (Å²) in [5, 5.41) is 80.1. The molecule has 2 bridgehead atoms. The molecule has 8 rings (SSSR count). The second-order valence-corrected chi connectivity index (χ2v) is 17.3. The number of fused-ring (bicyclic) bond motifs is 5. The number of phenols is 4. The van der Waals surface area contributed by atoms with Gasteiger partial charge in [0.15, 0.2) is 23.0 Å². The molecule has 0 unspecified atom stereocenters. The van der Waals surface area contributed by atoms with Gasteiger partial charge in [-0.2, -0.15) is 0 Å². The first-order chi connectivity index (χ1) is 30.4. The van der Waals surface area contributed by atoms with Crippen LogP contribution < -0.4 is 25.4 Å². The minimum Gasteiger partial charge on any atom is -0.508 e. The number of dihydropyridines is 1. The summed E-state index contributed by atoms with van der Waals surface area (Å²) in [7, 11) is 4.76. The molecular formula is C50H58N4O9. The largest absolute Gasteiger partial charge is 0.508 e. The van der Waals surface area contributed by atoms with Gasteiger partial charge in [0.1, 0.15) is 17.4 Å². The summed E-state index contributed by atoms with van der Waals surface area (Å²) in [5.41, 5.74) is 3.89. The highest BCUT2D eigenvalue weighted by atomic mass is 16.5. The summed E-state index contributed by atoms with van der Waals surface area (Å²) < 4.78 is 10.9. The number of ether oxygens (including phenoxy) is 2. The number of likely N-dealkylation sites (N-methyl/N-ethyl adjacent to an activating group) is 1. The Morgan fingerprint density at radius 1 is 0.952 bits per heavy atom. The summed E-state index contributed by atoms with van der Waals surface area (Å²) in [6, 6.07) is 21.4. The van der Waals surface area contributed by atoms with Crippen LogP contribution in [-0.2, 0) is 17.6 Å². The molecule has 1 saturated carbocycles.